The Morgan fingerprint density at radius 1 is 1.33 bits per heavy atom. The van der Waals surface area contributed by atoms with Crippen LogP contribution < -0.4 is 0 Å². The van der Waals surface area contributed by atoms with Crippen LogP contribution in [-0.4, -0.2) is 10.1 Å². The number of nitrogens with one attached hydrogen (secondary N) is 1. The van der Waals surface area contributed by atoms with Crippen molar-refractivity contribution in [3.63, 3.8) is 0 Å². The third-order valence-electron chi connectivity index (χ3n) is 2.46. The summed E-state index contributed by atoms with van der Waals surface area (Å²) in [6.45, 7) is 1.79. The summed E-state index contributed by atoms with van der Waals surface area (Å²) in [7, 11) is 0. The lowest BCUT2D eigenvalue weighted by Gasteiger charge is -2.12. The van der Waals surface area contributed by atoms with Gasteiger partial charge in [-0.2, -0.15) is 0 Å². The number of rotatable bonds is 2. The molecule has 0 bridgehead atoms. The van der Waals surface area contributed by atoms with Gasteiger partial charge in [0.25, 0.3) is 0 Å². The minimum Gasteiger partial charge on any atom is -0.384 e. The van der Waals surface area contributed by atoms with E-state index in [0.717, 1.165) is 16.7 Å². The molecule has 0 amide bonds. The summed E-state index contributed by atoms with van der Waals surface area (Å²) in [6.07, 6.45) is 2.78. The second-order valence-electron chi connectivity index (χ2n) is 3.55. The smallest absolute Gasteiger partial charge is 0.123 e. The van der Waals surface area contributed by atoms with Crippen molar-refractivity contribution in [3.8, 4) is 0 Å². The van der Waals surface area contributed by atoms with Crippen LogP contribution in [0.25, 0.3) is 0 Å². The molecule has 1 atom stereocenters. The molecule has 0 radical (unpaired) electrons. The molecule has 0 saturated heterocycles. The molecule has 2 rings (SSSR count). The predicted octanol–water partition coefficient (Wildman–Crippen LogP) is 2.54. The van der Waals surface area contributed by atoms with Gasteiger partial charge in [-0.25, -0.2) is 4.39 Å². The Kier molecular flexibility index (Phi) is 2.56. The summed E-state index contributed by atoms with van der Waals surface area (Å²) in [5.74, 6) is -0.280. The van der Waals surface area contributed by atoms with Gasteiger partial charge in [0, 0.05) is 18.0 Å². The van der Waals surface area contributed by atoms with Crippen molar-refractivity contribution < 1.29 is 9.50 Å². The summed E-state index contributed by atoms with van der Waals surface area (Å²) in [5.41, 5.74) is 2.27. The van der Waals surface area contributed by atoms with Gasteiger partial charge >= 0.3 is 0 Å². The Bertz CT molecular complexity index is 451. The van der Waals surface area contributed by atoms with E-state index in [1.165, 1.54) is 12.1 Å². The van der Waals surface area contributed by atoms with Gasteiger partial charge in [-0.05, 0) is 36.2 Å². The highest BCUT2D eigenvalue weighted by atomic mass is 19.1. The first-order valence-electron chi connectivity index (χ1n) is 4.75. The van der Waals surface area contributed by atoms with E-state index in [-0.39, 0.29) is 5.82 Å². The minimum absolute atomic E-state index is 0.280. The lowest BCUT2D eigenvalue weighted by atomic mass is 9.99. The van der Waals surface area contributed by atoms with E-state index < -0.39 is 6.10 Å². The van der Waals surface area contributed by atoms with Gasteiger partial charge < -0.3 is 10.1 Å². The van der Waals surface area contributed by atoms with Gasteiger partial charge in [0.1, 0.15) is 11.9 Å². The maximum atomic E-state index is 12.9. The number of hydrogen-bond acceptors (Lipinski definition) is 1. The second kappa shape index (κ2) is 3.87. The Hall–Kier alpha value is -1.61. The highest BCUT2D eigenvalue weighted by Gasteiger charge is 2.13. The van der Waals surface area contributed by atoms with Crippen molar-refractivity contribution >= 4 is 0 Å². The van der Waals surface area contributed by atoms with E-state index in [0.29, 0.717) is 0 Å². The summed E-state index contributed by atoms with van der Waals surface area (Å²) < 4.78 is 12.9. The highest BCUT2D eigenvalue weighted by molar-refractivity contribution is 5.34. The van der Waals surface area contributed by atoms with E-state index in [9.17, 15) is 9.50 Å². The highest BCUT2D eigenvalue weighted by Crippen LogP contribution is 2.24. The zero-order chi connectivity index (χ0) is 10.8. The topological polar surface area (TPSA) is 36.0 Å². The van der Waals surface area contributed by atoms with Crippen LogP contribution in [0.3, 0.4) is 0 Å². The maximum absolute atomic E-state index is 12.9. The minimum atomic E-state index is -0.697. The molecule has 2 nitrogen and oxygen atoms in total. The third kappa shape index (κ3) is 1.92. The largest absolute Gasteiger partial charge is 0.384 e. The monoisotopic (exact) mass is 205 g/mol. The maximum Gasteiger partial charge on any atom is 0.123 e. The summed E-state index contributed by atoms with van der Waals surface area (Å²) >= 11 is 0. The van der Waals surface area contributed by atoms with E-state index >= 15 is 0 Å². The fourth-order valence-corrected chi connectivity index (χ4v) is 1.63. The molecule has 0 saturated carbocycles. The quantitative estimate of drug-likeness (QED) is 0.776. The van der Waals surface area contributed by atoms with Crippen molar-refractivity contribution in [2.24, 2.45) is 0 Å². The Labute approximate surface area is 87.4 Å². The number of H-pyrrole nitrogens is 1. The Morgan fingerprint density at radius 3 is 2.73 bits per heavy atom. The summed E-state index contributed by atoms with van der Waals surface area (Å²) in [5, 5.41) is 10.0. The summed E-state index contributed by atoms with van der Waals surface area (Å²) in [6, 6.07) is 6.19. The average Bonchev–Trinajstić information content (AvgIpc) is 2.69. The van der Waals surface area contributed by atoms with E-state index in [4.69, 9.17) is 0 Å². The molecular formula is C12H12FNO. The predicted molar refractivity (Wildman–Crippen MR) is 56.0 cm³/mol. The molecule has 0 fully saturated rings. The zero-order valence-electron chi connectivity index (χ0n) is 8.37. The van der Waals surface area contributed by atoms with Gasteiger partial charge in [0.2, 0.25) is 0 Å². The number of aromatic nitrogens is 1. The van der Waals surface area contributed by atoms with Crippen LogP contribution in [0.2, 0.25) is 0 Å². The molecule has 2 N–H and O–H groups in total. The first-order chi connectivity index (χ1) is 7.18. The molecule has 1 aromatic carbocycles. The normalized spacial score (nSPS) is 12.7. The van der Waals surface area contributed by atoms with E-state index in [1.807, 2.05) is 0 Å². The molecule has 2 aromatic rings. The van der Waals surface area contributed by atoms with Gasteiger partial charge in [0.15, 0.2) is 0 Å². The molecule has 78 valence electrons. The van der Waals surface area contributed by atoms with Crippen molar-refractivity contribution in [2.75, 3.05) is 0 Å². The fourth-order valence-electron chi connectivity index (χ4n) is 1.63. The van der Waals surface area contributed by atoms with Crippen molar-refractivity contribution in [1.82, 2.24) is 4.98 Å². The van der Waals surface area contributed by atoms with Gasteiger partial charge in [-0.3, -0.25) is 0 Å². The van der Waals surface area contributed by atoms with Gasteiger partial charge in [-0.1, -0.05) is 6.07 Å². The Balaban J connectivity index is 2.38. The van der Waals surface area contributed by atoms with Crippen LogP contribution in [0.15, 0.2) is 36.7 Å². The SMILES string of the molecule is Cc1cc(F)ccc1C(O)c1cc[nH]c1. The van der Waals surface area contributed by atoms with Gasteiger partial charge in [-0.15, -0.1) is 0 Å². The van der Waals surface area contributed by atoms with Crippen LogP contribution >= 0.6 is 0 Å². The summed E-state index contributed by atoms with van der Waals surface area (Å²) in [4.78, 5) is 2.88. The van der Waals surface area contributed by atoms with Crippen LogP contribution in [-0.2, 0) is 0 Å². The lowest BCUT2D eigenvalue weighted by Crippen LogP contribution is -2.01. The average molecular weight is 205 g/mol. The number of benzene rings is 1. The fraction of sp³-hybridized carbons (Fsp3) is 0.167. The van der Waals surface area contributed by atoms with Crippen LogP contribution in [0, 0.1) is 12.7 Å². The Morgan fingerprint density at radius 2 is 2.13 bits per heavy atom. The van der Waals surface area contributed by atoms with Crippen LogP contribution in [0.4, 0.5) is 4.39 Å². The molecule has 0 aliphatic carbocycles. The first-order valence-corrected chi connectivity index (χ1v) is 4.75. The molecule has 0 spiro atoms. The van der Waals surface area contributed by atoms with Crippen LogP contribution in [0.5, 0.6) is 0 Å². The lowest BCUT2D eigenvalue weighted by molar-refractivity contribution is 0.219. The number of hydrogen-bond donors (Lipinski definition) is 2. The van der Waals surface area contributed by atoms with Crippen molar-refractivity contribution in [1.29, 1.82) is 0 Å². The zero-order valence-corrected chi connectivity index (χ0v) is 8.37. The second-order valence-corrected chi connectivity index (χ2v) is 3.55. The first kappa shape index (κ1) is 9.93. The molecular weight excluding hydrogens is 193 g/mol. The number of aliphatic hydroxyl groups excluding tert-OH is 1. The molecule has 1 heterocycles. The number of aromatic amines is 1. The van der Waals surface area contributed by atoms with E-state index in [1.54, 1.807) is 31.5 Å². The molecule has 3 heteroatoms. The molecule has 15 heavy (non-hydrogen) atoms. The molecule has 1 aromatic heterocycles. The number of halogens is 1. The molecule has 0 aliphatic rings. The van der Waals surface area contributed by atoms with E-state index in [2.05, 4.69) is 4.98 Å². The number of aryl methyl sites for hydroxylation is 1. The molecule has 1 unspecified atom stereocenters. The molecule has 0 aliphatic heterocycles. The standard InChI is InChI=1S/C12H12FNO/c1-8-6-10(13)2-3-11(8)12(15)9-4-5-14-7-9/h2-7,12,14-15H,1H3. The van der Waals surface area contributed by atoms with Crippen LogP contribution in [0.1, 0.15) is 22.8 Å². The van der Waals surface area contributed by atoms with Crippen molar-refractivity contribution in [3.05, 3.63) is 59.2 Å². The van der Waals surface area contributed by atoms with Crippen molar-refractivity contribution in [2.45, 2.75) is 13.0 Å². The van der Waals surface area contributed by atoms with Gasteiger partial charge in [0.05, 0.1) is 0 Å². The third-order valence-corrected chi connectivity index (χ3v) is 2.46. The number of aliphatic hydroxyl groups is 1.